The van der Waals surface area contributed by atoms with Crippen LogP contribution in [0.1, 0.15) is 13.3 Å². The first-order valence-electron chi connectivity index (χ1n) is 6.27. The van der Waals surface area contributed by atoms with E-state index in [1.54, 1.807) is 0 Å². The molecule has 0 radical (unpaired) electrons. The Labute approximate surface area is 118 Å². The summed E-state index contributed by atoms with van der Waals surface area (Å²) < 4.78 is 27.7. The van der Waals surface area contributed by atoms with Gasteiger partial charge in [-0.25, -0.2) is 13.1 Å². The fourth-order valence-electron chi connectivity index (χ4n) is 1.43. The molecule has 20 heavy (non-hydrogen) atoms. The van der Waals surface area contributed by atoms with Gasteiger partial charge in [0.15, 0.2) is 0 Å². The van der Waals surface area contributed by atoms with Gasteiger partial charge in [-0.1, -0.05) is 6.92 Å². The number of carboxylic acids is 1. The average Bonchev–Trinajstić information content (AvgIpc) is 2.85. The Morgan fingerprint density at radius 2 is 2.25 bits per heavy atom. The number of likely N-dealkylation sites (N-methyl/N-ethyl adjacent to an activating group) is 1. The Kier molecular flexibility index (Phi) is 6.11. The van der Waals surface area contributed by atoms with Crippen molar-refractivity contribution in [2.24, 2.45) is 0 Å². The summed E-state index contributed by atoms with van der Waals surface area (Å²) in [6.45, 7) is 3.90. The van der Waals surface area contributed by atoms with Crippen molar-refractivity contribution in [1.29, 1.82) is 0 Å². The number of nitrogens with zero attached hydrogens (tertiary/aromatic N) is 3. The van der Waals surface area contributed by atoms with Gasteiger partial charge in [-0.15, -0.1) is 0 Å². The van der Waals surface area contributed by atoms with Gasteiger partial charge in [-0.3, -0.25) is 9.48 Å². The normalized spacial score (nSPS) is 11.9. The first kappa shape index (κ1) is 16.6. The zero-order valence-electron chi connectivity index (χ0n) is 11.6. The Hall–Kier alpha value is -1.45. The minimum atomic E-state index is -3.59. The molecule has 0 saturated carbocycles. The maximum absolute atomic E-state index is 12.0. The lowest BCUT2D eigenvalue weighted by molar-refractivity contribution is -0.137. The molecule has 1 aromatic heterocycles. The summed E-state index contributed by atoms with van der Waals surface area (Å²) in [6.07, 6.45) is 2.44. The smallest absolute Gasteiger partial charge is 0.305 e. The maximum Gasteiger partial charge on any atom is 0.305 e. The molecule has 0 atom stereocenters. The van der Waals surface area contributed by atoms with Crippen LogP contribution in [0.15, 0.2) is 17.3 Å². The van der Waals surface area contributed by atoms with E-state index >= 15 is 0 Å². The van der Waals surface area contributed by atoms with Gasteiger partial charge in [0.05, 0.1) is 19.2 Å². The highest BCUT2D eigenvalue weighted by molar-refractivity contribution is 7.89. The summed E-state index contributed by atoms with van der Waals surface area (Å²) in [6, 6.07) is 0. The van der Waals surface area contributed by atoms with Crippen molar-refractivity contribution < 1.29 is 18.3 Å². The average molecular weight is 304 g/mol. The van der Waals surface area contributed by atoms with Gasteiger partial charge < -0.3 is 10.0 Å². The zero-order valence-corrected chi connectivity index (χ0v) is 12.4. The minimum absolute atomic E-state index is 0.0436. The summed E-state index contributed by atoms with van der Waals surface area (Å²) >= 11 is 0. The van der Waals surface area contributed by atoms with Crippen molar-refractivity contribution in [3.05, 3.63) is 12.4 Å². The van der Waals surface area contributed by atoms with Crippen LogP contribution < -0.4 is 4.72 Å². The molecule has 114 valence electrons. The topological polar surface area (TPSA) is 105 Å². The fraction of sp³-hybridized carbons (Fsp3) is 0.636. The Bertz CT molecular complexity index is 540. The quantitative estimate of drug-likeness (QED) is 0.642. The molecule has 0 spiro atoms. The van der Waals surface area contributed by atoms with Crippen molar-refractivity contribution in [1.82, 2.24) is 19.4 Å². The van der Waals surface area contributed by atoms with Crippen molar-refractivity contribution in [2.45, 2.75) is 24.8 Å². The molecule has 2 N–H and O–H groups in total. The highest BCUT2D eigenvalue weighted by Crippen LogP contribution is 2.07. The van der Waals surface area contributed by atoms with Crippen molar-refractivity contribution in [3.8, 4) is 0 Å². The van der Waals surface area contributed by atoms with E-state index in [0.717, 1.165) is 6.54 Å². The van der Waals surface area contributed by atoms with E-state index in [4.69, 9.17) is 5.11 Å². The number of nitrogens with one attached hydrogen (secondary N) is 1. The molecule has 0 aliphatic heterocycles. The number of aryl methyl sites for hydroxylation is 1. The summed E-state index contributed by atoms with van der Waals surface area (Å²) in [7, 11) is -1.69. The Balaban J connectivity index is 2.57. The first-order valence-corrected chi connectivity index (χ1v) is 7.76. The van der Waals surface area contributed by atoms with E-state index < -0.39 is 16.0 Å². The molecular formula is C11H20N4O4S. The van der Waals surface area contributed by atoms with Gasteiger partial charge in [0.25, 0.3) is 0 Å². The number of hydrogen-bond donors (Lipinski definition) is 2. The molecule has 0 fully saturated rings. The van der Waals surface area contributed by atoms with E-state index in [9.17, 15) is 13.2 Å². The Morgan fingerprint density at radius 1 is 1.55 bits per heavy atom. The van der Waals surface area contributed by atoms with Crippen LogP contribution in [0.3, 0.4) is 0 Å². The van der Waals surface area contributed by atoms with Gasteiger partial charge >= 0.3 is 5.97 Å². The van der Waals surface area contributed by atoms with E-state index in [0.29, 0.717) is 13.1 Å². The maximum atomic E-state index is 12.0. The van der Waals surface area contributed by atoms with E-state index in [1.165, 1.54) is 17.1 Å². The molecule has 0 aliphatic carbocycles. The zero-order chi connectivity index (χ0) is 15.2. The molecular weight excluding hydrogens is 284 g/mol. The molecule has 1 heterocycles. The molecule has 0 amide bonds. The Morgan fingerprint density at radius 3 is 2.85 bits per heavy atom. The van der Waals surface area contributed by atoms with Crippen LogP contribution in [0.2, 0.25) is 0 Å². The van der Waals surface area contributed by atoms with Crippen LogP contribution in [-0.4, -0.2) is 60.9 Å². The number of rotatable bonds is 9. The molecule has 1 aromatic rings. The third-order valence-corrected chi connectivity index (χ3v) is 4.22. The fourth-order valence-corrected chi connectivity index (χ4v) is 2.40. The standard InChI is InChI=1S/C11H20N4O4S/c1-3-14(2)7-5-13-20(18,19)10-8-12-15(9-10)6-4-11(16)17/h8-9,13H,3-7H2,1-2H3,(H,16,17). The van der Waals surface area contributed by atoms with Crippen molar-refractivity contribution >= 4 is 16.0 Å². The molecule has 0 saturated heterocycles. The highest BCUT2D eigenvalue weighted by Gasteiger charge is 2.16. The largest absolute Gasteiger partial charge is 0.481 e. The van der Waals surface area contributed by atoms with Crippen LogP contribution in [0.4, 0.5) is 0 Å². The predicted octanol–water partition coefficient (Wildman–Crippen LogP) is -0.412. The summed E-state index contributed by atoms with van der Waals surface area (Å²) in [5.41, 5.74) is 0. The lowest BCUT2D eigenvalue weighted by Crippen LogP contribution is -2.32. The van der Waals surface area contributed by atoms with E-state index in [2.05, 4.69) is 9.82 Å². The second-order valence-electron chi connectivity index (χ2n) is 4.38. The van der Waals surface area contributed by atoms with Gasteiger partial charge in [-0.2, -0.15) is 5.10 Å². The SMILES string of the molecule is CCN(C)CCNS(=O)(=O)c1cnn(CCC(=O)O)c1. The number of carboxylic acid groups (broad SMARTS) is 1. The summed E-state index contributed by atoms with van der Waals surface area (Å²) in [4.78, 5) is 12.5. The molecule has 0 bridgehead atoms. The van der Waals surface area contributed by atoms with Gasteiger partial charge in [0.2, 0.25) is 10.0 Å². The number of carbonyl (C=O) groups is 1. The number of sulfonamides is 1. The summed E-state index contributed by atoms with van der Waals surface area (Å²) in [5, 5.41) is 12.4. The third kappa shape index (κ3) is 5.27. The predicted molar refractivity (Wildman–Crippen MR) is 72.8 cm³/mol. The number of aromatic nitrogens is 2. The molecule has 8 nitrogen and oxygen atoms in total. The van der Waals surface area contributed by atoms with Crippen LogP contribution in [-0.2, 0) is 21.4 Å². The molecule has 0 unspecified atom stereocenters. The second kappa shape index (κ2) is 7.36. The lowest BCUT2D eigenvalue weighted by Gasteiger charge is -2.13. The van der Waals surface area contributed by atoms with Crippen molar-refractivity contribution in [3.63, 3.8) is 0 Å². The lowest BCUT2D eigenvalue weighted by atomic mass is 10.4. The van der Waals surface area contributed by atoms with Crippen molar-refractivity contribution in [2.75, 3.05) is 26.7 Å². The highest BCUT2D eigenvalue weighted by atomic mass is 32.2. The van der Waals surface area contributed by atoms with Gasteiger partial charge in [0.1, 0.15) is 4.90 Å². The molecule has 9 heteroatoms. The number of aliphatic carboxylic acids is 1. The van der Waals surface area contributed by atoms with Gasteiger partial charge in [-0.05, 0) is 13.6 Å². The van der Waals surface area contributed by atoms with Crippen LogP contribution >= 0.6 is 0 Å². The molecule has 0 aliphatic rings. The monoisotopic (exact) mass is 304 g/mol. The van der Waals surface area contributed by atoms with E-state index in [1.807, 2.05) is 18.9 Å². The molecule has 1 rings (SSSR count). The van der Waals surface area contributed by atoms with Crippen LogP contribution in [0, 0.1) is 0 Å². The third-order valence-electron chi connectivity index (χ3n) is 2.80. The van der Waals surface area contributed by atoms with Crippen LogP contribution in [0.5, 0.6) is 0 Å². The first-order chi connectivity index (χ1) is 9.35. The van der Waals surface area contributed by atoms with Gasteiger partial charge in [0, 0.05) is 19.3 Å². The number of hydrogen-bond acceptors (Lipinski definition) is 5. The summed E-state index contributed by atoms with van der Waals surface area (Å²) in [5.74, 6) is -0.953. The molecule has 0 aromatic carbocycles. The van der Waals surface area contributed by atoms with E-state index in [-0.39, 0.29) is 17.9 Å². The minimum Gasteiger partial charge on any atom is -0.481 e. The van der Waals surface area contributed by atoms with Crippen LogP contribution in [0.25, 0.3) is 0 Å². The second-order valence-corrected chi connectivity index (χ2v) is 6.14.